The summed E-state index contributed by atoms with van der Waals surface area (Å²) in [7, 11) is 0. The van der Waals surface area contributed by atoms with Crippen molar-refractivity contribution >= 4 is 60.4 Å². The Labute approximate surface area is 338 Å². The standard InChI is InChI=1S/C56H38N2/c1-3-18-41(19-4-1)47-28-11-13-32-51(47)57(43-24-5-2-6-25-43)54-34-17-35-55-56(54)49-29-12-14-33-52(49)58(55)53-37-36-42(46-30-15-22-39-20-7-9-26-44(39)46)38-50(53)48-31-16-23-40-21-8-10-27-45(40)48/h1-38H. The van der Waals surface area contributed by atoms with Gasteiger partial charge in [0.15, 0.2) is 0 Å². The third kappa shape index (κ3) is 5.57. The number of anilines is 3. The van der Waals surface area contributed by atoms with Crippen LogP contribution in [0.25, 0.3) is 82.4 Å². The second-order valence-corrected chi connectivity index (χ2v) is 14.9. The zero-order valence-corrected chi connectivity index (χ0v) is 31.8. The lowest BCUT2D eigenvalue weighted by atomic mass is 9.92. The minimum Gasteiger partial charge on any atom is -0.309 e. The van der Waals surface area contributed by atoms with E-state index in [1.54, 1.807) is 0 Å². The van der Waals surface area contributed by atoms with Gasteiger partial charge in [-0.15, -0.1) is 0 Å². The lowest BCUT2D eigenvalue weighted by Crippen LogP contribution is -2.11. The Morgan fingerprint density at radius 1 is 0.310 bits per heavy atom. The van der Waals surface area contributed by atoms with E-state index in [-0.39, 0.29) is 0 Å². The SMILES string of the molecule is c1ccc(-c2ccccc2N(c2ccccc2)c2cccc3c2c2ccccc2n3-c2ccc(-c3cccc4ccccc34)cc2-c2cccc3ccccc23)cc1. The number of para-hydroxylation sites is 3. The highest BCUT2D eigenvalue weighted by Crippen LogP contribution is 2.48. The van der Waals surface area contributed by atoms with E-state index in [9.17, 15) is 0 Å². The highest BCUT2D eigenvalue weighted by Gasteiger charge is 2.24. The second kappa shape index (κ2) is 14.1. The van der Waals surface area contributed by atoms with Gasteiger partial charge >= 0.3 is 0 Å². The molecule has 11 aromatic rings. The van der Waals surface area contributed by atoms with Crippen molar-refractivity contribution in [3.05, 3.63) is 231 Å². The molecule has 0 N–H and O–H groups in total. The van der Waals surface area contributed by atoms with Gasteiger partial charge < -0.3 is 9.47 Å². The van der Waals surface area contributed by atoms with Crippen LogP contribution in [0.5, 0.6) is 0 Å². The van der Waals surface area contributed by atoms with Gasteiger partial charge in [0.05, 0.1) is 28.1 Å². The molecule has 1 heterocycles. The zero-order chi connectivity index (χ0) is 38.4. The number of fused-ring (bicyclic) bond motifs is 5. The molecule has 0 fully saturated rings. The monoisotopic (exact) mass is 738 g/mol. The Bertz CT molecular complexity index is 3280. The van der Waals surface area contributed by atoms with Crippen LogP contribution in [0, 0.1) is 0 Å². The fourth-order valence-corrected chi connectivity index (χ4v) is 9.01. The Balaban J connectivity index is 1.22. The summed E-state index contributed by atoms with van der Waals surface area (Å²) < 4.78 is 2.49. The van der Waals surface area contributed by atoms with E-state index in [1.807, 2.05) is 0 Å². The number of rotatable bonds is 7. The molecule has 10 aromatic carbocycles. The summed E-state index contributed by atoms with van der Waals surface area (Å²) in [6.07, 6.45) is 0. The molecule has 2 heteroatoms. The van der Waals surface area contributed by atoms with E-state index in [2.05, 4.69) is 240 Å². The van der Waals surface area contributed by atoms with Crippen molar-refractivity contribution in [3.8, 4) is 39.1 Å². The van der Waals surface area contributed by atoms with Crippen LogP contribution in [-0.4, -0.2) is 4.57 Å². The first kappa shape index (κ1) is 33.6. The van der Waals surface area contributed by atoms with Crippen LogP contribution in [0.15, 0.2) is 231 Å². The molecule has 58 heavy (non-hydrogen) atoms. The summed E-state index contributed by atoms with van der Waals surface area (Å²) in [5.74, 6) is 0. The number of hydrogen-bond donors (Lipinski definition) is 0. The summed E-state index contributed by atoms with van der Waals surface area (Å²) in [6, 6.07) is 83.7. The Hall–Kier alpha value is -7.68. The molecule has 0 aliphatic rings. The van der Waals surface area contributed by atoms with Gasteiger partial charge in [-0.25, -0.2) is 0 Å². The largest absolute Gasteiger partial charge is 0.309 e. The molecular weight excluding hydrogens is 701 g/mol. The molecule has 272 valence electrons. The van der Waals surface area contributed by atoms with Crippen molar-refractivity contribution in [1.29, 1.82) is 0 Å². The number of nitrogens with zero attached hydrogens (tertiary/aromatic N) is 2. The average Bonchev–Trinajstić information content (AvgIpc) is 3.64. The summed E-state index contributed by atoms with van der Waals surface area (Å²) in [6.45, 7) is 0. The number of benzene rings is 10. The third-order valence-electron chi connectivity index (χ3n) is 11.6. The smallest absolute Gasteiger partial charge is 0.0562 e. The molecule has 0 unspecified atom stereocenters. The summed E-state index contributed by atoms with van der Waals surface area (Å²) in [5.41, 5.74) is 14.0. The molecule has 0 aliphatic heterocycles. The first-order valence-corrected chi connectivity index (χ1v) is 19.9. The van der Waals surface area contributed by atoms with E-state index in [0.29, 0.717) is 0 Å². The van der Waals surface area contributed by atoms with E-state index in [4.69, 9.17) is 0 Å². The van der Waals surface area contributed by atoms with Crippen molar-refractivity contribution < 1.29 is 0 Å². The highest BCUT2D eigenvalue weighted by molar-refractivity contribution is 6.17. The van der Waals surface area contributed by atoms with Crippen LogP contribution in [0.2, 0.25) is 0 Å². The van der Waals surface area contributed by atoms with Gasteiger partial charge in [-0.1, -0.05) is 182 Å². The second-order valence-electron chi connectivity index (χ2n) is 14.9. The van der Waals surface area contributed by atoms with Crippen molar-refractivity contribution in [2.24, 2.45) is 0 Å². The van der Waals surface area contributed by atoms with Crippen LogP contribution >= 0.6 is 0 Å². The van der Waals surface area contributed by atoms with Crippen LogP contribution < -0.4 is 4.90 Å². The average molecular weight is 739 g/mol. The van der Waals surface area contributed by atoms with Crippen LogP contribution in [0.1, 0.15) is 0 Å². The third-order valence-corrected chi connectivity index (χ3v) is 11.6. The van der Waals surface area contributed by atoms with Crippen LogP contribution in [-0.2, 0) is 0 Å². The molecule has 0 atom stereocenters. The molecule has 11 rings (SSSR count). The first-order chi connectivity index (χ1) is 28.8. The minimum atomic E-state index is 1.10. The fourth-order valence-electron chi connectivity index (χ4n) is 9.01. The van der Waals surface area contributed by atoms with Crippen molar-refractivity contribution in [1.82, 2.24) is 4.57 Å². The van der Waals surface area contributed by atoms with Gasteiger partial charge in [0.2, 0.25) is 0 Å². The molecule has 0 spiro atoms. The molecule has 1 aromatic heterocycles. The minimum absolute atomic E-state index is 1.10. The van der Waals surface area contributed by atoms with E-state index >= 15 is 0 Å². The van der Waals surface area contributed by atoms with Gasteiger partial charge in [-0.3, -0.25) is 0 Å². The molecule has 0 radical (unpaired) electrons. The van der Waals surface area contributed by atoms with Gasteiger partial charge in [0, 0.05) is 27.6 Å². The zero-order valence-electron chi connectivity index (χ0n) is 31.8. The van der Waals surface area contributed by atoms with E-state index < -0.39 is 0 Å². The van der Waals surface area contributed by atoms with Gasteiger partial charge in [0.25, 0.3) is 0 Å². The molecule has 0 bridgehead atoms. The maximum absolute atomic E-state index is 2.49. The fraction of sp³-hybridized carbons (Fsp3) is 0. The lowest BCUT2D eigenvalue weighted by Gasteiger charge is -2.28. The van der Waals surface area contributed by atoms with Crippen molar-refractivity contribution in [3.63, 3.8) is 0 Å². The van der Waals surface area contributed by atoms with Crippen LogP contribution in [0.4, 0.5) is 17.1 Å². The van der Waals surface area contributed by atoms with E-state index in [0.717, 1.165) is 33.8 Å². The highest BCUT2D eigenvalue weighted by atomic mass is 15.2. The number of aromatic nitrogens is 1. The van der Waals surface area contributed by atoms with Crippen molar-refractivity contribution in [2.75, 3.05) is 4.90 Å². The summed E-state index contributed by atoms with van der Waals surface area (Å²) >= 11 is 0. The molecule has 0 amide bonds. The van der Waals surface area contributed by atoms with Gasteiger partial charge in [-0.05, 0) is 92.3 Å². The maximum atomic E-state index is 2.49. The predicted octanol–water partition coefficient (Wildman–Crippen LogP) is 15.6. The van der Waals surface area contributed by atoms with E-state index in [1.165, 1.54) is 65.7 Å². The lowest BCUT2D eigenvalue weighted by molar-refractivity contribution is 1.18. The first-order valence-electron chi connectivity index (χ1n) is 19.9. The summed E-state index contributed by atoms with van der Waals surface area (Å²) in [4.78, 5) is 2.44. The molecule has 0 saturated heterocycles. The molecular formula is C56H38N2. The molecule has 0 saturated carbocycles. The van der Waals surface area contributed by atoms with Crippen LogP contribution in [0.3, 0.4) is 0 Å². The Morgan fingerprint density at radius 2 is 0.845 bits per heavy atom. The predicted molar refractivity (Wildman–Crippen MR) is 247 cm³/mol. The van der Waals surface area contributed by atoms with Crippen molar-refractivity contribution in [2.45, 2.75) is 0 Å². The quantitative estimate of drug-likeness (QED) is 0.158. The topological polar surface area (TPSA) is 8.17 Å². The molecule has 0 aliphatic carbocycles. The van der Waals surface area contributed by atoms with Gasteiger partial charge in [0.1, 0.15) is 0 Å². The Morgan fingerprint density at radius 3 is 1.62 bits per heavy atom. The Kier molecular flexibility index (Phi) is 8.19. The normalized spacial score (nSPS) is 11.4. The maximum Gasteiger partial charge on any atom is 0.0562 e. The van der Waals surface area contributed by atoms with Gasteiger partial charge in [-0.2, -0.15) is 0 Å². The molecule has 2 nitrogen and oxygen atoms in total. The summed E-state index contributed by atoms with van der Waals surface area (Å²) in [5, 5.41) is 7.35. The number of hydrogen-bond acceptors (Lipinski definition) is 1.